The number of halogens is 4. The van der Waals surface area contributed by atoms with Gasteiger partial charge in [-0.05, 0) is 31.5 Å². The van der Waals surface area contributed by atoms with E-state index >= 15 is 0 Å². The van der Waals surface area contributed by atoms with Gasteiger partial charge in [0.15, 0.2) is 0 Å². The fourth-order valence-electron chi connectivity index (χ4n) is 4.23. The molecule has 2 aliphatic rings. The fraction of sp³-hybridized carbons (Fsp3) is 0.632. The Kier molecular flexibility index (Phi) is 5.49. The molecule has 3 rings (SSSR count). The number of rotatable bonds is 2. The Hall–Kier alpha value is -1.67. The van der Waals surface area contributed by atoms with Gasteiger partial charge in [-0.2, -0.15) is 13.2 Å². The number of amides is 1. The van der Waals surface area contributed by atoms with E-state index in [1.807, 2.05) is 11.9 Å². The summed E-state index contributed by atoms with van der Waals surface area (Å²) in [6.07, 6.45) is -2.83. The topological polar surface area (TPSA) is 26.8 Å². The predicted octanol–water partition coefficient (Wildman–Crippen LogP) is 2.97. The molecule has 1 aromatic carbocycles. The van der Waals surface area contributed by atoms with E-state index in [1.165, 1.54) is 12.1 Å². The van der Waals surface area contributed by atoms with Gasteiger partial charge >= 0.3 is 6.18 Å². The summed E-state index contributed by atoms with van der Waals surface area (Å²) in [5.41, 5.74) is -1.46. The van der Waals surface area contributed by atoms with Crippen molar-refractivity contribution in [2.75, 3.05) is 40.3 Å². The normalized spacial score (nSPS) is 25.9. The van der Waals surface area contributed by atoms with Gasteiger partial charge in [-0.15, -0.1) is 0 Å². The number of likely N-dealkylation sites (tertiary alicyclic amines) is 1. The largest absolute Gasteiger partial charge is 0.419 e. The van der Waals surface area contributed by atoms with E-state index in [0.29, 0.717) is 39.0 Å². The molecule has 2 heterocycles. The van der Waals surface area contributed by atoms with Crippen LogP contribution in [0.5, 0.6) is 0 Å². The van der Waals surface area contributed by atoms with Gasteiger partial charge in [-0.1, -0.05) is 12.1 Å². The first-order valence-corrected chi connectivity index (χ1v) is 9.14. The number of piperazine rings is 1. The molecule has 0 saturated carbocycles. The number of carbonyl (C=O) groups excluding carboxylic acids is 1. The summed E-state index contributed by atoms with van der Waals surface area (Å²) in [5, 5.41) is 0. The van der Waals surface area contributed by atoms with Crippen LogP contribution in [0.2, 0.25) is 0 Å². The zero-order valence-corrected chi connectivity index (χ0v) is 15.7. The smallest absolute Gasteiger partial charge is 0.346 e. The maximum Gasteiger partial charge on any atom is 0.419 e. The molecule has 2 fully saturated rings. The third-order valence-corrected chi connectivity index (χ3v) is 6.00. The standard InChI is InChI=1S/C19H25F4N3O/c1-24-9-8-18(7-6-16(24)27)13-26(11-10-25(18)2)12-14-4-3-5-15(20)17(14)19(21,22)23/h3-5H,6-13H2,1-2H3/t18-/m0/s1. The molecule has 8 heteroatoms. The van der Waals surface area contributed by atoms with Crippen LogP contribution in [0.25, 0.3) is 0 Å². The van der Waals surface area contributed by atoms with Crippen molar-refractivity contribution in [2.24, 2.45) is 0 Å². The molecule has 0 unspecified atom stereocenters. The molecule has 27 heavy (non-hydrogen) atoms. The molecule has 0 N–H and O–H groups in total. The van der Waals surface area contributed by atoms with Gasteiger partial charge in [-0.25, -0.2) is 4.39 Å². The number of alkyl halides is 3. The molecule has 2 aliphatic heterocycles. The molecule has 1 atom stereocenters. The highest BCUT2D eigenvalue weighted by atomic mass is 19.4. The average molecular weight is 387 g/mol. The fourth-order valence-corrected chi connectivity index (χ4v) is 4.23. The van der Waals surface area contributed by atoms with Gasteiger partial charge in [-0.3, -0.25) is 14.6 Å². The highest BCUT2D eigenvalue weighted by Crippen LogP contribution is 2.36. The second-order valence-corrected chi connectivity index (χ2v) is 7.69. The lowest BCUT2D eigenvalue weighted by Gasteiger charge is -2.49. The lowest BCUT2D eigenvalue weighted by molar-refractivity contribution is -0.141. The lowest BCUT2D eigenvalue weighted by Crippen LogP contribution is -2.60. The zero-order chi connectivity index (χ0) is 19.8. The first-order chi connectivity index (χ1) is 12.6. The van der Waals surface area contributed by atoms with Crippen LogP contribution in [0.4, 0.5) is 17.6 Å². The van der Waals surface area contributed by atoms with Crippen molar-refractivity contribution in [3.8, 4) is 0 Å². The Bertz CT molecular complexity index is 709. The van der Waals surface area contributed by atoms with Crippen LogP contribution in [-0.4, -0.2) is 66.4 Å². The van der Waals surface area contributed by atoms with Crippen molar-refractivity contribution in [1.82, 2.24) is 14.7 Å². The third kappa shape index (κ3) is 4.11. The molecule has 1 spiro atoms. The van der Waals surface area contributed by atoms with Crippen molar-refractivity contribution in [3.05, 3.63) is 35.1 Å². The number of nitrogens with zero attached hydrogens (tertiary/aromatic N) is 3. The maximum absolute atomic E-state index is 13.9. The molecule has 0 radical (unpaired) electrons. The van der Waals surface area contributed by atoms with Crippen LogP contribution in [-0.2, 0) is 17.5 Å². The van der Waals surface area contributed by atoms with Crippen LogP contribution in [0.3, 0.4) is 0 Å². The molecular weight excluding hydrogens is 362 g/mol. The van der Waals surface area contributed by atoms with Crippen molar-refractivity contribution in [3.63, 3.8) is 0 Å². The summed E-state index contributed by atoms with van der Waals surface area (Å²) in [5.74, 6) is -1.13. The molecule has 2 saturated heterocycles. The van der Waals surface area contributed by atoms with Crippen LogP contribution >= 0.6 is 0 Å². The SMILES string of the molecule is CN1CC[C@@]2(CCC1=O)CN(Cc1cccc(F)c1C(F)(F)F)CCN2C. The van der Waals surface area contributed by atoms with Gasteiger partial charge in [0.25, 0.3) is 0 Å². The van der Waals surface area contributed by atoms with E-state index in [0.717, 1.165) is 12.5 Å². The number of likely N-dealkylation sites (N-methyl/N-ethyl adjacent to an activating group) is 1. The minimum Gasteiger partial charge on any atom is -0.346 e. The molecule has 0 bridgehead atoms. The Labute approximate surface area is 156 Å². The summed E-state index contributed by atoms with van der Waals surface area (Å²) >= 11 is 0. The lowest BCUT2D eigenvalue weighted by atomic mass is 9.86. The Balaban J connectivity index is 1.82. The summed E-state index contributed by atoms with van der Waals surface area (Å²) in [6, 6.07) is 3.52. The van der Waals surface area contributed by atoms with Gasteiger partial charge in [0.1, 0.15) is 5.82 Å². The Morgan fingerprint density at radius 2 is 1.85 bits per heavy atom. The molecule has 150 valence electrons. The van der Waals surface area contributed by atoms with E-state index in [2.05, 4.69) is 4.90 Å². The van der Waals surface area contributed by atoms with Crippen molar-refractivity contribution in [2.45, 2.75) is 37.5 Å². The summed E-state index contributed by atoms with van der Waals surface area (Å²) in [6.45, 7) is 2.56. The zero-order valence-electron chi connectivity index (χ0n) is 15.7. The van der Waals surface area contributed by atoms with Crippen molar-refractivity contribution in [1.29, 1.82) is 0 Å². The number of carbonyl (C=O) groups is 1. The van der Waals surface area contributed by atoms with Gasteiger partial charge in [0.05, 0.1) is 5.56 Å². The minimum atomic E-state index is -4.72. The third-order valence-electron chi connectivity index (χ3n) is 6.00. The second-order valence-electron chi connectivity index (χ2n) is 7.69. The first kappa shape index (κ1) is 20.1. The average Bonchev–Trinajstić information content (AvgIpc) is 2.72. The van der Waals surface area contributed by atoms with E-state index in [1.54, 1.807) is 11.9 Å². The Morgan fingerprint density at radius 1 is 1.11 bits per heavy atom. The minimum absolute atomic E-state index is 0.0379. The quantitative estimate of drug-likeness (QED) is 0.730. The molecular formula is C19H25F4N3O. The first-order valence-electron chi connectivity index (χ1n) is 9.14. The number of benzene rings is 1. The summed E-state index contributed by atoms with van der Waals surface area (Å²) in [7, 11) is 3.79. The van der Waals surface area contributed by atoms with Crippen molar-refractivity contribution >= 4 is 5.91 Å². The Morgan fingerprint density at radius 3 is 2.56 bits per heavy atom. The molecule has 0 aliphatic carbocycles. The molecule has 4 nitrogen and oxygen atoms in total. The van der Waals surface area contributed by atoms with Crippen LogP contribution in [0, 0.1) is 5.82 Å². The van der Waals surface area contributed by atoms with Crippen LogP contribution in [0.15, 0.2) is 18.2 Å². The van der Waals surface area contributed by atoms with E-state index in [9.17, 15) is 22.4 Å². The van der Waals surface area contributed by atoms with E-state index < -0.39 is 17.6 Å². The summed E-state index contributed by atoms with van der Waals surface area (Å²) < 4.78 is 53.8. The van der Waals surface area contributed by atoms with Crippen LogP contribution in [0.1, 0.15) is 30.4 Å². The molecule has 0 aromatic heterocycles. The molecule has 1 amide bonds. The van der Waals surface area contributed by atoms with Crippen LogP contribution < -0.4 is 0 Å². The predicted molar refractivity (Wildman–Crippen MR) is 93.5 cm³/mol. The highest BCUT2D eigenvalue weighted by Gasteiger charge is 2.43. The van der Waals surface area contributed by atoms with E-state index in [4.69, 9.17) is 0 Å². The summed E-state index contributed by atoms with van der Waals surface area (Å²) in [4.78, 5) is 17.9. The maximum atomic E-state index is 13.9. The molecule has 1 aromatic rings. The monoisotopic (exact) mass is 387 g/mol. The van der Waals surface area contributed by atoms with Gasteiger partial charge in [0, 0.05) is 51.7 Å². The number of hydrogen-bond acceptors (Lipinski definition) is 3. The second kappa shape index (κ2) is 7.39. The number of hydrogen-bond donors (Lipinski definition) is 0. The van der Waals surface area contributed by atoms with Gasteiger partial charge in [0.2, 0.25) is 5.91 Å². The van der Waals surface area contributed by atoms with E-state index in [-0.39, 0.29) is 23.6 Å². The van der Waals surface area contributed by atoms with Gasteiger partial charge < -0.3 is 4.90 Å². The van der Waals surface area contributed by atoms with Crippen molar-refractivity contribution < 1.29 is 22.4 Å². The highest BCUT2D eigenvalue weighted by molar-refractivity contribution is 5.76.